The third-order valence-electron chi connectivity index (χ3n) is 4.97. The number of carbonyl (C=O) groups excluding carboxylic acids is 2. The van der Waals surface area contributed by atoms with E-state index in [1.165, 1.54) is 19.3 Å². The fraction of sp³-hybridized carbons (Fsp3) is 0.174. The van der Waals surface area contributed by atoms with Crippen LogP contribution in [0.1, 0.15) is 32.0 Å². The van der Waals surface area contributed by atoms with Gasteiger partial charge in [0, 0.05) is 31.2 Å². The summed E-state index contributed by atoms with van der Waals surface area (Å²) in [4.78, 5) is 28.6. The molecular weight excluding hydrogens is 472 g/mol. The molecule has 0 fully saturated rings. The van der Waals surface area contributed by atoms with Crippen molar-refractivity contribution in [2.75, 3.05) is 17.7 Å². The molecule has 3 N–H and O–H groups in total. The van der Waals surface area contributed by atoms with Crippen LogP contribution in [0.5, 0.6) is 5.75 Å². The molecule has 4 rings (SSSR count). The zero-order chi connectivity index (χ0) is 25.2. The number of fused-ring (bicyclic) bond motifs is 1. The molecule has 2 aromatic carbocycles. The molecule has 35 heavy (non-hydrogen) atoms. The standard InChI is InChI=1S/C23H18F4N4O4/c1-28-21(33)18-10-13(8-9-29-18)12-30-17-5-3-2-4-15(17)20(32)31-14-6-7-19-16(11-14)22(24,25)35-23(26,27)34-19/h2-11,30H,12H2,1H3,(H,28,33)(H,31,32). The lowest BCUT2D eigenvalue weighted by Crippen LogP contribution is -2.41. The first-order valence-electron chi connectivity index (χ1n) is 10.2. The number of amides is 2. The van der Waals surface area contributed by atoms with E-state index in [1.807, 2.05) is 0 Å². The number of rotatable bonds is 6. The topological polar surface area (TPSA) is 102 Å². The van der Waals surface area contributed by atoms with Crippen LogP contribution < -0.4 is 20.7 Å². The van der Waals surface area contributed by atoms with Gasteiger partial charge in [-0.25, -0.2) is 4.74 Å². The number of nitrogens with zero attached hydrogens (tertiary/aromatic N) is 1. The summed E-state index contributed by atoms with van der Waals surface area (Å²) in [5.74, 6) is -1.75. The van der Waals surface area contributed by atoms with Crippen LogP contribution in [0, 0.1) is 0 Å². The van der Waals surface area contributed by atoms with E-state index in [0.29, 0.717) is 5.69 Å². The highest BCUT2D eigenvalue weighted by Gasteiger charge is 2.54. The highest BCUT2D eigenvalue weighted by Crippen LogP contribution is 2.46. The Morgan fingerprint density at radius 2 is 1.77 bits per heavy atom. The molecule has 0 radical (unpaired) electrons. The number of halogens is 4. The van der Waals surface area contributed by atoms with E-state index in [9.17, 15) is 27.2 Å². The van der Waals surface area contributed by atoms with Crippen molar-refractivity contribution < 1.29 is 36.6 Å². The minimum absolute atomic E-state index is 0.0787. The van der Waals surface area contributed by atoms with E-state index in [-0.39, 0.29) is 29.4 Å². The summed E-state index contributed by atoms with van der Waals surface area (Å²) in [7, 11) is 1.49. The number of aromatic nitrogens is 1. The molecule has 1 aromatic heterocycles. The van der Waals surface area contributed by atoms with Gasteiger partial charge in [-0.3, -0.25) is 14.6 Å². The molecule has 2 heterocycles. The van der Waals surface area contributed by atoms with Crippen molar-refractivity contribution in [3.63, 3.8) is 0 Å². The molecule has 182 valence electrons. The average Bonchev–Trinajstić information content (AvgIpc) is 2.82. The van der Waals surface area contributed by atoms with Gasteiger partial charge in [-0.05, 0) is 48.0 Å². The lowest BCUT2D eigenvalue weighted by molar-refractivity contribution is -0.461. The third-order valence-corrected chi connectivity index (χ3v) is 4.97. The molecule has 3 aromatic rings. The number of para-hydroxylation sites is 1. The third kappa shape index (κ3) is 5.32. The lowest BCUT2D eigenvalue weighted by Gasteiger charge is -2.30. The Bertz CT molecular complexity index is 1290. The van der Waals surface area contributed by atoms with Crippen molar-refractivity contribution in [1.29, 1.82) is 0 Å². The van der Waals surface area contributed by atoms with Crippen LogP contribution in [-0.2, 0) is 17.4 Å². The zero-order valence-corrected chi connectivity index (χ0v) is 18.1. The first-order chi connectivity index (χ1) is 16.6. The van der Waals surface area contributed by atoms with Crippen molar-refractivity contribution in [3.05, 3.63) is 83.2 Å². The van der Waals surface area contributed by atoms with Gasteiger partial charge in [-0.2, -0.15) is 8.78 Å². The van der Waals surface area contributed by atoms with Crippen LogP contribution in [0.2, 0.25) is 0 Å². The highest BCUT2D eigenvalue weighted by atomic mass is 19.3. The first-order valence-corrected chi connectivity index (χ1v) is 10.2. The Labute approximate surface area is 196 Å². The molecule has 0 aliphatic carbocycles. The number of benzene rings is 2. The highest BCUT2D eigenvalue weighted by molar-refractivity contribution is 6.08. The van der Waals surface area contributed by atoms with E-state index in [4.69, 9.17) is 0 Å². The molecule has 0 saturated carbocycles. The molecule has 1 aliphatic heterocycles. The molecular formula is C23H18F4N4O4. The van der Waals surface area contributed by atoms with Gasteiger partial charge in [0.05, 0.1) is 11.1 Å². The summed E-state index contributed by atoms with van der Waals surface area (Å²) in [5.41, 5.74) is 0.548. The largest absolute Gasteiger partial charge is 0.540 e. The van der Waals surface area contributed by atoms with Gasteiger partial charge in [0.1, 0.15) is 11.4 Å². The van der Waals surface area contributed by atoms with Crippen molar-refractivity contribution in [1.82, 2.24) is 10.3 Å². The Balaban J connectivity index is 1.51. The number of alkyl halides is 4. The Morgan fingerprint density at radius 3 is 2.54 bits per heavy atom. The molecule has 8 nitrogen and oxygen atoms in total. The summed E-state index contributed by atoms with van der Waals surface area (Å²) >= 11 is 0. The molecule has 0 atom stereocenters. The van der Waals surface area contributed by atoms with E-state index in [0.717, 1.165) is 23.8 Å². The summed E-state index contributed by atoms with van der Waals surface area (Å²) in [6.45, 7) is 0.255. The SMILES string of the molecule is CNC(=O)c1cc(CNc2ccccc2C(=O)Nc2ccc3c(c2)C(F)(F)OC(F)(F)O3)ccn1. The summed E-state index contributed by atoms with van der Waals surface area (Å²) in [5, 5.41) is 8.04. The molecule has 1 aliphatic rings. The number of nitrogens with one attached hydrogen (secondary N) is 3. The maximum Gasteiger partial charge on any atom is 0.540 e. The maximum atomic E-state index is 14.0. The van der Waals surface area contributed by atoms with Crippen LogP contribution in [0.4, 0.5) is 28.9 Å². The van der Waals surface area contributed by atoms with Gasteiger partial charge in [0.2, 0.25) is 0 Å². The summed E-state index contributed by atoms with van der Waals surface area (Å²) in [6.07, 6.45) is -7.33. The second kappa shape index (κ2) is 9.22. The van der Waals surface area contributed by atoms with Gasteiger partial charge < -0.3 is 20.7 Å². The number of carbonyl (C=O) groups is 2. The Kier molecular flexibility index (Phi) is 6.31. The van der Waals surface area contributed by atoms with E-state index >= 15 is 0 Å². The first kappa shape index (κ1) is 24.0. The van der Waals surface area contributed by atoms with E-state index < -0.39 is 29.6 Å². The molecule has 0 saturated heterocycles. The summed E-state index contributed by atoms with van der Waals surface area (Å²) < 4.78 is 62.0. The number of anilines is 2. The van der Waals surface area contributed by atoms with E-state index in [2.05, 4.69) is 30.4 Å². The molecule has 0 bridgehead atoms. The average molecular weight is 490 g/mol. The predicted molar refractivity (Wildman–Crippen MR) is 116 cm³/mol. The minimum Gasteiger partial charge on any atom is -0.409 e. The van der Waals surface area contributed by atoms with Gasteiger partial charge >= 0.3 is 12.4 Å². The normalized spacial score (nSPS) is 15.3. The van der Waals surface area contributed by atoms with Crippen LogP contribution in [0.15, 0.2) is 60.8 Å². The smallest absolute Gasteiger partial charge is 0.409 e. The second-order valence-corrected chi connectivity index (χ2v) is 7.38. The number of hydrogen-bond donors (Lipinski definition) is 3. The quantitative estimate of drug-likeness (QED) is 0.445. The minimum atomic E-state index is -4.48. The Morgan fingerprint density at radius 1 is 1.00 bits per heavy atom. The summed E-state index contributed by atoms with van der Waals surface area (Å²) in [6, 6.07) is 12.6. The van der Waals surface area contributed by atoms with Crippen molar-refractivity contribution in [3.8, 4) is 5.75 Å². The monoisotopic (exact) mass is 490 g/mol. The fourth-order valence-corrected chi connectivity index (χ4v) is 3.34. The Hall–Kier alpha value is -4.19. The predicted octanol–water partition coefficient (Wildman–Crippen LogP) is 4.31. The molecule has 2 amide bonds. The van der Waals surface area contributed by atoms with Crippen LogP contribution in [0.3, 0.4) is 0 Å². The molecule has 0 spiro atoms. The number of hydrogen-bond acceptors (Lipinski definition) is 6. The second-order valence-electron chi connectivity index (χ2n) is 7.38. The lowest BCUT2D eigenvalue weighted by atomic mass is 10.1. The van der Waals surface area contributed by atoms with Gasteiger partial charge in [-0.15, -0.1) is 8.78 Å². The van der Waals surface area contributed by atoms with Gasteiger partial charge in [-0.1, -0.05) is 12.1 Å². The van der Waals surface area contributed by atoms with Crippen LogP contribution >= 0.6 is 0 Å². The number of ether oxygens (including phenoxy) is 2. The van der Waals surface area contributed by atoms with Crippen LogP contribution in [-0.4, -0.2) is 30.1 Å². The maximum absolute atomic E-state index is 14.0. The fourth-order valence-electron chi connectivity index (χ4n) is 3.34. The number of pyridine rings is 1. The molecule has 0 unspecified atom stereocenters. The zero-order valence-electron chi connectivity index (χ0n) is 18.1. The van der Waals surface area contributed by atoms with Crippen molar-refractivity contribution in [2.45, 2.75) is 18.9 Å². The van der Waals surface area contributed by atoms with Gasteiger partial charge in [0.15, 0.2) is 0 Å². The van der Waals surface area contributed by atoms with Gasteiger partial charge in [0.25, 0.3) is 11.8 Å². The molecule has 12 heteroatoms. The van der Waals surface area contributed by atoms with Crippen molar-refractivity contribution in [2.24, 2.45) is 0 Å². The van der Waals surface area contributed by atoms with Crippen molar-refractivity contribution >= 4 is 23.2 Å². The van der Waals surface area contributed by atoms with E-state index in [1.54, 1.807) is 30.3 Å². The van der Waals surface area contributed by atoms with Crippen LogP contribution in [0.25, 0.3) is 0 Å².